The number of halogens is 3. The monoisotopic (exact) mass is 440 g/mol. The first-order chi connectivity index (χ1) is 13.1. The molecule has 2 aromatic rings. The molecule has 0 aromatic heterocycles. The highest BCUT2D eigenvalue weighted by atomic mass is 32.2. The maximum atomic E-state index is 12.8. The van der Waals surface area contributed by atoms with Gasteiger partial charge in [-0.2, -0.15) is 13.2 Å². The molecular weight excluding hydrogens is 425 g/mol. The van der Waals surface area contributed by atoms with Crippen LogP contribution in [0.1, 0.15) is 29.7 Å². The van der Waals surface area contributed by atoms with Crippen LogP contribution in [0.3, 0.4) is 0 Å². The Hall–Kier alpha value is -2.72. The fraction of sp³-hybridized carbons (Fsp3) is 0.158. The minimum Gasteiger partial charge on any atom is -0.307 e. The zero-order valence-corrected chi connectivity index (χ0v) is 15.6. The molecule has 0 spiro atoms. The highest BCUT2D eigenvalue weighted by Gasteiger charge is 2.33. The molecule has 2 aromatic carbocycles. The number of nitro benzene ring substituents is 1. The number of amides is 1. The van der Waals surface area contributed by atoms with Crippen molar-refractivity contribution in [1.29, 1.82) is 0 Å². The molecular formula is C19H15F3N2O3S2. The highest BCUT2D eigenvalue weighted by molar-refractivity contribution is 8.26. The molecule has 0 radical (unpaired) electrons. The van der Waals surface area contributed by atoms with Gasteiger partial charge >= 0.3 is 6.18 Å². The standard InChI is InChI=1S/C18H11F3N2O3S2.CH4/c19-18(20,21)13-5-4-12(14(9-13)23(25)26)7-10-2-1-3-11(6-10)8-15-16(24)22-17(27)28-15;/h1-6,8-9H,7H2,(H,22,24,27);1H4/b15-8+;. The van der Waals surface area contributed by atoms with E-state index in [1.807, 2.05) is 0 Å². The van der Waals surface area contributed by atoms with Crippen molar-refractivity contribution in [3.8, 4) is 0 Å². The van der Waals surface area contributed by atoms with E-state index < -0.39 is 22.4 Å². The van der Waals surface area contributed by atoms with Crippen molar-refractivity contribution in [1.82, 2.24) is 5.32 Å². The summed E-state index contributed by atoms with van der Waals surface area (Å²) in [6.07, 6.45) is -2.96. The fourth-order valence-corrected chi connectivity index (χ4v) is 3.69. The molecule has 1 saturated heterocycles. The topological polar surface area (TPSA) is 72.2 Å². The summed E-state index contributed by atoms with van der Waals surface area (Å²) in [5.74, 6) is -0.307. The van der Waals surface area contributed by atoms with E-state index in [2.05, 4.69) is 5.32 Å². The van der Waals surface area contributed by atoms with Crippen LogP contribution in [0.2, 0.25) is 0 Å². The average Bonchev–Trinajstić information content (AvgIpc) is 2.91. The molecule has 152 valence electrons. The van der Waals surface area contributed by atoms with Gasteiger partial charge in [0.05, 0.1) is 15.4 Å². The number of benzene rings is 2. The van der Waals surface area contributed by atoms with Gasteiger partial charge in [0.25, 0.3) is 11.6 Å². The quantitative estimate of drug-likeness (QED) is 0.301. The summed E-state index contributed by atoms with van der Waals surface area (Å²) < 4.78 is 38.8. The van der Waals surface area contributed by atoms with Crippen LogP contribution in [0.15, 0.2) is 47.4 Å². The van der Waals surface area contributed by atoms with E-state index >= 15 is 0 Å². The van der Waals surface area contributed by atoms with Crippen molar-refractivity contribution < 1.29 is 22.9 Å². The Morgan fingerprint density at radius 1 is 1.21 bits per heavy atom. The van der Waals surface area contributed by atoms with Gasteiger partial charge in [0.1, 0.15) is 4.32 Å². The van der Waals surface area contributed by atoms with Gasteiger partial charge < -0.3 is 5.32 Å². The predicted molar refractivity (Wildman–Crippen MR) is 110 cm³/mol. The Morgan fingerprint density at radius 2 is 1.93 bits per heavy atom. The van der Waals surface area contributed by atoms with Crippen molar-refractivity contribution in [2.24, 2.45) is 0 Å². The molecule has 29 heavy (non-hydrogen) atoms. The maximum absolute atomic E-state index is 12.8. The molecule has 10 heteroatoms. The number of hydrogen-bond acceptors (Lipinski definition) is 5. The number of thioether (sulfide) groups is 1. The van der Waals surface area contributed by atoms with E-state index in [1.54, 1.807) is 30.3 Å². The largest absolute Gasteiger partial charge is 0.416 e. The Morgan fingerprint density at radius 3 is 2.52 bits per heavy atom. The summed E-state index contributed by atoms with van der Waals surface area (Å²) in [5.41, 5.74) is -0.161. The van der Waals surface area contributed by atoms with Crippen LogP contribution in [-0.2, 0) is 17.4 Å². The van der Waals surface area contributed by atoms with E-state index in [0.717, 1.165) is 23.9 Å². The average molecular weight is 440 g/mol. The lowest BCUT2D eigenvalue weighted by Crippen LogP contribution is -2.17. The molecule has 1 amide bonds. The first-order valence-corrected chi connectivity index (χ1v) is 9.04. The van der Waals surface area contributed by atoms with Gasteiger partial charge in [-0.3, -0.25) is 14.9 Å². The number of rotatable bonds is 4. The van der Waals surface area contributed by atoms with Crippen LogP contribution in [0.4, 0.5) is 18.9 Å². The number of nitro groups is 1. The lowest BCUT2D eigenvalue weighted by atomic mass is 9.99. The molecule has 5 nitrogen and oxygen atoms in total. The Balaban J connectivity index is 0.00000300. The van der Waals surface area contributed by atoms with Crippen LogP contribution in [0.5, 0.6) is 0 Å². The molecule has 0 bridgehead atoms. The number of carbonyl (C=O) groups is 1. The van der Waals surface area contributed by atoms with Gasteiger partial charge in [0.2, 0.25) is 0 Å². The van der Waals surface area contributed by atoms with Gasteiger partial charge in [-0.05, 0) is 23.3 Å². The van der Waals surface area contributed by atoms with Gasteiger partial charge in [-0.25, -0.2) is 0 Å². The molecule has 1 fully saturated rings. The van der Waals surface area contributed by atoms with Crippen LogP contribution in [-0.4, -0.2) is 15.2 Å². The van der Waals surface area contributed by atoms with E-state index in [1.165, 1.54) is 0 Å². The summed E-state index contributed by atoms with van der Waals surface area (Å²) >= 11 is 6.05. The van der Waals surface area contributed by atoms with E-state index in [4.69, 9.17) is 12.2 Å². The summed E-state index contributed by atoms with van der Waals surface area (Å²) in [6, 6.07) is 9.35. The highest BCUT2D eigenvalue weighted by Crippen LogP contribution is 2.34. The molecule has 1 N–H and O–H groups in total. The Bertz CT molecular complexity index is 1020. The summed E-state index contributed by atoms with van der Waals surface area (Å²) in [6.45, 7) is 0. The second-order valence-electron chi connectivity index (χ2n) is 5.87. The summed E-state index contributed by atoms with van der Waals surface area (Å²) in [7, 11) is 0. The number of nitrogens with zero attached hydrogens (tertiary/aromatic N) is 1. The zero-order chi connectivity index (χ0) is 20.5. The van der Waals surface area contributed by atoms with Crippen LogP contribution >= 0.6 is 24.0 Å². The van der Waals surface area contributed by atoms with Crippen LogP contribution in [0, 0.1) is 10.1 Å². The van der Waals surface area contributed by atoms with E-state index in [0.29, 0.717) is 26.4 Å². The van der Waals surface area contributed by atoms with Crippen molar-refractivity contribution in [3.05, 3.63) is 79.7 Å². The summed E-state index contributed by atoms with van der Waals surface area (Å²) in [4.78, 5) is 22.6. The smallest absolute Gasteiger partial charge is 0.307 e. The number of carbonyl (C=O) groups excluding carboxylic acids is 1. The van der Waals surface area contributed by atoms with Crippen molar-refractivity contribution >= 4 is 46.0 Å². The normalized spacial score (nSPS) is 15.2. The minimum atomic E-state index is -4.66. The van der Waals surface area contributed by atoms with E-state index in [-0.39, 0.29) is 25.3 Å². The van der Waals surface area contributed by atoms with Crippen molar-refractivity contribution in [2.75, 3.05) is 0 Å². The van der Waals surface area contributed by atoms with Crippen molar-refractivity contribution in [2.45, 2.75) is 20.0 Å². The van der Waals surface area contributed by atoms with Crippen LogP contribution < -0.4 is 5.32 Å². The molecule has 1 aliphatic rings. The number of alkyl halides is 3. The first kappa shape index (κ1) is 22.6. The number of thiocarbonyl (C=S) groups is 1. The Kier molecular flexibility index (Phi) is 6.81. The number of hydrogen-bond donors (Lipinski definition) is 1. The minimum absolute atomic E-state index is 0. The lowest BCUT2D eigenvalue weighted by Gasteiger charge is -2.09. The maximum Gasteiger partial charge on any atom is 0.416 e. The second kappa shape index (κ2) is 8.75. The molecule has 0 saturated carbocycles. The predicted octanol–water partition coefficient (Wildman–Crippen LogP) is 5.33. The second-order valence-corrected chi connectivity index (χ2v) is 7.59. The third-order valence-corrected chi connectivity index (χ3v) is 5.06. The Labute approximate surface area is 174 Å². The van der Waals surface area contributed by atoms with E-state index in [9.17, 15) is 28.1 Å². The molecule has 0 unspecified atom stereocenters. The molecule has 0 aliphatic carbocycles. The third kappa shape index (κ3) is 5.42. The third-order valence-electron chi connectivity index (χ3n) is 3.89. The lowest BCUT2D eigenvalue weighted by molar-refractivity contribution is -0.385. The van der Waals surface area contributed by atoms with Gasteiger partial charge in [-0.15, -0.1) is 0 Å². The van der Waals surface area contributed by atoms with Gasteiger partial charge in [0.15, 0.2) is 0 Å². The molecule has 1 aliphatic heterocycles. The fourth-order valence-electron chi connectivity index (χ4n) is 2.64. The molecule has 1 heterocycles. The molecule has 3 rings (SSSR count). The molecule has 0 atom stereocenters. The SMILES string of the molecule is C.O=C1NC(=S)S/C1=C/c1cccc(Cc2ccc(C(F)(F)F)cc2[N+](=O)[O-])c1. The first-order valence-electron chi connectivity index (χ1n) is 7.82. The van der Waals surface area contributed by atoms with Crippen LogP contribution in [0.25, 0.3) is 6.08 Å². The zero-order valence-electron chi connectivity index (χ0n) is 13.9. The van der Waals surface area contributed by atoms with Crippen molar-refractivity contribution in [3.63, 3.8) is 0 Å². The van der Waals surface area contributed by atoms with Gasteiger partial charge in [-0.1, -0.05) is 61.7 Å². The van der Waals surface area contributed by atoms with Gasteiger partial charge in [0, 0.05) is 18.1 Å². The summed E-state index contributed by atoms with van der Waals surface area (Å²) in [5, 5.41) is 13.7. The number of nitrogens with one attached hydrogen (secondary N) is 1.